The van der Waals surface area contributed by atoms with Crippen LogP contribution in [0.5, 0.6) is 0 Å². The van der Waals surface area contributed by atoms with Gasteiger partial charge in [-0.25, -0.2) is 9.59 Å². The molecule has 0 heterocycles. The van der Waals surface area contributed by atoms with E-state index in [1.54, 1.807) is 4.90 Å². The Morgan fingerprint density at radius 2 is 1.83 bits per heavy atom. The molecule has 2 N–H and O–H groups in total. The van der Waals surface area contributed by atoms with Crippen molar-refractivity contribution in [2.45, 2.75) is 64.5 Å². The third-order valence-corrected chi connectivity index (χ3v) is 3.69. The maximum absolute atomic E-state index is 12.1. The van der Waals surface area contributed by atoms with Crippen LogP contribution in [-0.4, -0.2) is 40.1 Å². The average Bonchev–Trinajstić information content (AvgIpc) is 2.30. The van der Waals surface area contributed by atoms with Gasteiger partial charge in [-0.15, -0.1) is 0 Å². The SMILES string of the molecule is CCN(C(=O)NC1(C(=O)O)CCCCC1)C(C)C. The van der Waals surface area contributed by atoms with Crippen molar-refractivity contribution in [1.82, 2.24) is 10.2 Å². The van der Waals surface area contributed by atoms with E-state index in [0.29, 0.717) is 19.4 Å². The number of aliphatic carboxylic acids is 1. The molecule has 1 fully saturated rings. The Morgan fingerprint density at radius 3 is 2.22 bits per heavy atom. The number of hydrogen-bond acceptors (Lipinski definition) is 2. The van der Waals surface area contributed by atoms with Crippen LogP contribution in [0, 0.1) is 0 Å². The van der Waals surface area contributed by atoms with Crippen molar-refractivity contribution < 1.29 is 14.7 Å². The van der Waals surface area contributed by atoms with Crippen molar-refractivity contribution in [3.05, 3.63) is 0 Å². The average molecular weight is 256 g/mol. The maximum atomic E-state index is 12.1. The molecule has 0 aliphatic heterocycles. The number of rotatable bonds is 4. The van der Waals surface area contributed by atoms with Crippen LogP contribution < -0.4 is 5.32 Å². The molecule has 0 unspecified atom stereocenters. The summed E-state index contributed by atoms with van der Waals surface area (Å²) in [4.78, 5) is 25.3. The molecule has 0 atom stereocenters. The van der Waals surface area contributed by atoms with Crippen LogP contribution in [0.3, 0.4) is 0 Å². The Balaban J connectivity index is 2.77. The monoisotopic (exact) mass is 256 g/mol. The van der Waals surface area contributed by atoms with E-state index in [9.17, 15) is 14.7 Å². The number of amides is 2. The van der Waals surface area contributed by atoms with Crippen molar-refractivity contribution >= 4 is 12.0 Å². The smallest absolute Gasteiger partial charge is 0.329 e. The second-order valence-corrected chi connectivity index (χ2v) is 5.26. The highest BCUT2D eigenvalue weighted by Crippen LogP contribution is 2.28. The van der Waals surface area contributed by atoms with Crippen LogP contribution in [0.15, 0.2) is 0 Å². The summed E-state index contributed by atoms with van der Waals surface area (Å²) in [6.07, 6.45) is 3.83. The molecule has 2 amide bonds. The molecule has 5 heteroatoms. The first-order valence-corrected chi connectivity index (χ1v) is 6.75. The Kier molecular flexibility index (Phi) is 4.99. The lowest BCUT2D eigenvalue weighted by Crippen LogP contribution is -2.59. The van der Waals surface area contributed by atoms with Gasteiger partial charge in [-0.1, -0.05) is 19.3 Å². The first kappa shape index (κ1) is 14.8. The van der Waals surface area contributed by atoms with Gasteiger partial charge in [-0.05, 0) is 33.6 Å². The second kappa shape index (κ2) is 6.07. The molecule has 1 saturated carbocycles. The number of urea groups is 1. The van der Waals surface area contributed by atoms with Crippen LogP contribution in [0.1, 0.15) is 52.9 Å². The Hall–Kier alpha value is -1.26. The lowest BCUT2D eigenvalue weighted by molar-refractivity contribution is -0.146. The van der Waals surface area contributed by atoms with Gasteiger partial charge in [-0.2, -0.15) is 0 Å². The van der Waals surface area contributed by atoms with Gasteiger partial charge < -0.3 is 15.3 Å². The predicted octanol–water partition coefficient (Wildman–Crippen LogP) is 2.21. The summed E-state index contributed by atoms with van der Waals surface area (Å²) < 4.78 is 0. The zero-order valence-electron chi connectivity index (χ0n) is 11.5. The third kappa shape index (κ3) is 3.15. The van der Waals surface area contributed by atoms with Gasteiger partial charge in [0.1, 0.15) is 5.54 Å². The minimum Gasteiger partial charge on any atom is -0.480 e. The van der Waals surface area contributed by atoms with E-state index >= 15 is 0 Å². The third-order valence-electron chi connectivity index (χ3n) is 3.69. The molecule has 18 heavy (non-hydrogen) atoms. The Labute approximate surface area is 109 Å². The van der Waals surface area contributed by atoms with Crippen LogP contribution in [0.4, 0.5) is 4.79 Å². The van der Waals surface area contributed by atoms with Crippen molar-refractivity contribution in [2.24, 2.45) is 0 Å². The molecule has 5 nitrogen and oxygen atoms in total. The molecular weight excluding hydrogens is 232 g/mol. The van der Waals surface area contributed by atoms with Crippen molar-refractivity contribution in [3.8, 4) is 0 Å². The minimum atomic E-state index is -1.06. The predicted molar refractivity (Wildman–Crippen MR) is 69.5 cm³/mol. The van der Waals surface area contributed by atoms with E-state index in [0.717, 1.165) is 19.3 Å². The van der Waals surface area contributed by atoms with Crippen molar-refractivity contribution in [1.29, 1.82) is 0 Å². The fourth-order valence-electron chi connectivity index (χ4n) is 2.57. The summed E-state index contributed by atoms with van der Waals surface area (Å²) in [5, 5.41) is 12.1. The highest BCUT2D eigenvalue weighted by molar-refractivity contribution is 5.86. The Bertz CT molecular complexity index is 309. The molecule has 1 rings (SSSR count). The topological polar surface area (TPSA) is 69.6 Å². The standard InChI is InChI=1S/C13H24N2O3/c1-4-15(10(2)3)12(18)14-13(11(16)17)8-6-5-7-9-13/h10H,4-9H2,1-3H3,(H,14,18)(H,16,17). The highest BCUT2D eigenvalue weighted by atomic mass is 16.4. The second-order valence-electron chi connectivity index (χ2n) is 5.26. The number of hydrogen-bond donors (Lipinski definition) is 2. The normalized spacial score (nSPS) is 18.4. The number of carboxylic acids is 1. The molecular formula is C13H24N2O3. The fourth-order valence-corrected chi connectivity index (χ4v) is 2.57. The van der Waals surface area contributed by atoms with Gasteiger partial charge in [0, 0.05) is 12.6 Å². The lowest BCUT2D eigenvalue weighted by Gasteiger charge is -2.36. The quantitative estimate of drug-likeness (QED) is 0.810. The van der Waals surface area contributed by atoms with Crippen LogP contribution >= 0.6 is 0 Å². The van der Waals surface area contributed by atoms with Crippen LogP contribution in [0.2, 0.25) is 0 Å². The highest BCUT2D eigenvalue weighted by Gasteiger charge is 2.41. The van der Waals surface area contributed by atoms with Crippen molar-refractivity contribution in [3.63, 3.8) is 0 Å². The Morgan fingerprint density at radius 1 is 1.28 bits per heavy atom. The van der Waals surface area contributed by atoms with E-state index in [2.05, 4.69) is 5.32 Å². The minimum absolute atomic E-state index is 0.0736. The summed E-state index contributed by atoms with van der Waals surface area (Å²) in [6, 6.07) is -0.193. The van der Waals surface area contributed by atoms with Crippen molar-refractivity contribution in [2.75, 3.05) is 6.54 Å². The first-order valence-electron chi connectivity index (χ1n) is 6.75. The van der Waals surface area contributed by atoms with Crippen LogP contribution in [-0.2, 0) is 4.79 Å². The number of carbonyl (C=O) groups is 2. The van der Waals surface area contributed by atoms with E-state index in [1.165, 1.54) is 0 Å². The summed E-state index contributed by atoms with van der Waals surface area (Å²) in [7, 11) is 0. The van der Waals surface area contributed by atoms with Gasteiger partial charge in [0.15, 0.2) is 0 Å². The van der Waals surface area contributed by atoms with E-state index in [1.807, 2.05) is 20.8 Å². The first-order chi connectivity index (χ1) is 8.43. The van der Waals surface area contributed by atoms with Gasteiger partial charge in [0.2, 0.25) is 0 Å². The zero-order valence-corrected chi connectivity index (χ0v) is 11.5. The number of carboxylic acid groups (broad SMARTS) is 1. The number of nitrogens with one attached hydrogen (secondary N) is 1. The summed E-state index contributed by atoms with van der Waals surface area (Å²) in [5.41, 5.74) is -1.06. The van der Waals surface area contributed by atoms with Gasteiger partial charge in [0.05, 0.1) is 0 Å². The van der Waals surface area contributed by atoms with Gasteiger partial charge >= 0.3 is 12.0 Å². The fraction of sp³-hybridized carbons (Fsp3) is 0.846. The molecule has 0 bridgehead atoms. The molecule has 0 saturated heterocycles. The van der Waals surface area contributed by atoms with Gasteiger partial charge in [0.25, 0.3) is 0 Å². The molecule has 0 aromatic heterocycles. The van der Waals surface area contributed by atoms with E-state index in [-0.39, 0.29) is 12.1 Å². The maximum Gasteiger partial charge on any atom is 0.329 e. The number of nitrogens with zero attached hydrogens (tertiary/aromatic N) is 1. The molecule has 1 aliphatic rings. The van der Waals surface area contributed by atoms with Crippen LogP contribution in [0.25, 0.3) is 0 Å². The van der Waals surface area contributed by atoms with E-state index in [4.69, 9.17) is 0 Å². The molecule has 0 spiro atoms. The van der Waals surface area contributed by atoms with Gasteiger partial charge in [-0.3, -0.25) is 0 Å². The largest absolute Gasteiger partial charge is 0.480 e. The molecule has 0 aromatic carbocycles. The number of carbonyl (C=O) groups excluding carboxylic acids is 1. The molecule has 1 aliphatic carbocycles. The lowest BCUT2D eigenvalue weighted by atomic mass is 9.82. The zero-order chi connectivity index (χ0) is 13.8. The molecule has 0 radical (unpaired) electrons. The summed E-state index contributed by atoms with van der Waals surface area (Å²) >= 11 is 0. The molecule has 0 aromatic rings. The molecule has 104 valence electrons. The summed E-state index contributed by atoms with van der Waals surface area (Å²) in [6.45, 7) is 6.34. The summed E-state index contributed by atoms with van der Waals surface area (Å²) in [5.74, 6) is -0.907. The van der Waals surface area contributed by atoms with E-state index < -0.39 is 11.5 Å².